The van der Waals surface area contributed by atoms with E-state index in [2.05, 4.69) is 47.2 Å². The standard InChI is InChI=1S/C16H24BrNO3/c1-12(2)13-6-7-15(14(17)11-13)21-9-4-5-16(19)18-8-10-20-3/h6-7,11-12H,4-5,8-10H2,1-3H3,(H,18,19). The van der Waals surface area contributed by atoms with Crippen LogP contribution < -0.4 is 10.1 Å². The summed E-state index contributed by atoms with van der Waals surface area (Å²) in [6.45, 7) is 5.93. The van der Waals surface area contributed by atoms with Gasteiger partial charge in [-0.2, -0.15) is 0 Å². The fraction of sp³-hybridized carbons (Fsp3) is 0.562. The molecule has 0 spiro atoms. The van der Waals surface area contributed by atoms with Crippen LogP contribution in [-0.2, 0) is 9.53 Å². The molecule has 1 amide bonds. The Balaban J connectivity index is 2.28. The molecule has 0 bridgehead atoms. The number of rotatable bonds is 9. The maximum absolute atomic E-state index is 11.5. The van der Waals surface area contributed by atoms with Gasteiger partial charge in [0.25, 0.3) is 0 Å². The van der Waals surface area contributed by atoms with E-state index >= 15 is 0 Å². The van der Waals surface area contributed by atoms with E-state index in [4.69, 9.17) is 9.47 Å². The molecule has 1 rings (SSSR count). The van der Waals surface area contributed by atoms with Crippen molar-refractivity contribution in [2.75, 3.05) is 26.9 Å². The molecule has 1 aromatic carbocycles. The predicted octanol–water partition coefficient (Wildman–Crippen LogP) is 3.49. The molecule has 0 unspecified atom stereocenters. The number of methoxy groups -OCH3 is 1. The van der Waals surface area contributed by atoms with Crippen LogP contribution in [0.25, 0.3) is 0 Å². The summed E-state index contributed by atoms with van der Waals surface area (Å²) in [5, 5.41) is 2.78. The number of halogens is 1. The third-order valence-corrected chi connectivity index (χ3v) is 3.68. The first-order valence-electron chi connectivity index (χ1n) is 7.22. The van der Waals surface area contributed by atoms with Crippen LogP contribution in [0.2, 0.25) is 0 Å². The quantitative estimate of drug-likeness (QED) is 0.688. The zero-order chi connectivity index (χ0) is 15.7. The molecular weight excluding hydrogens is 334 g/mol. The maximum Gasteiger partial charge on any atom is 0.220 e. The molecule has 0 fully saturated rings. The molecule has 1 aromatic rings. The Hall–Kier alpha value is -1.07. The second-order valence-corrected chi connectivity index (χ2v) is 5.99. The number of carbonyl (C=O) groups is 1. The largest absolute Gasteiger partial charge is 0.492 e. The molecular formula is C16H24BrNO3. The predicted molar refractivity (Wildman–Crippen MR) is 87.8 cm³/mol. The fourth-order valence-electron chi connectivity index (χ4n) is 1.79. The van der Waals surface area contributed by atoms with Crippen molar-refractivity contribution < 1.29 is 14.3 Å². The van der Waals surface area contributed by atoms with E-state index in [0.29, 0.717) is 38.5 Å². The number of amides is 1. The molecule has 0 saturated carbocycles. The Bertz CT molecular complexity index is 449. The van der Waals surface area contributed by atoms with Gasteiger partial charge in [-0.15, -0.1) is 0 Å². The fourth-order valence-corrected chi connectivity index (χ4v) is 2.30. The highest BCUT2D eigenvalue weighted by Crippen LogP contribution is 2.28. The molecule has 0 aliphatic heterocycles. The number of benzene rings is 1. The normalized spacial score (nSPS) is 10.7. The molecule has 118 valence electrons. The molecule has 0 aliphatic carbocycles. The first kappa shape index (κ1) is 18.0. The van der Waals surface area contributed by atoms with E-state index in [-0.39, 0.29) is 5.91 Å². The monoisotopic (exact) mass is 357 g/mol. The zero-order valence-electron chi connectivity index (χ0n) is 12.9. The topological polar surface area (TPSA) is 47.6 Å². The number of carbonyl (C=O) groups excluding carboxylic acids is 1. The Kier molecular flexibility index (Phi) is 8.38. The summed E-state index contributed by atoms with van der Waals surface area (Å²) in [5.41, 5.74) is 1.27. The van der Waals surface area contributed by atoms with Crippen molar-refractivity contribution in [3.63, 3.8) is 0 Å². The molecule has 4 nitrogen and oxygen atoms in total. The van der Waals surface area contributed by atoms with Gasteiger partial charge < -0.3 is 14.8 Å². The lowest BCUT2D eigenvalue weighted by Crippen LogP contribution is -2.26. The summed E-state index contributed by atoms with van der Waals surface area (Å²) in [7, 11) is 1.61. The van der Waals surface area contributed by atoms with Gasteiger partial charge in [0, 0.05) is 20.1 Å². The van der Waals surface area contributed by atoms with Crippen molar-refractivity contribution in [2.24, 2.45) is 0 Å². The number of hydrogen-bond acceptors (Lipinski definition) is 3. The molecule has 0 radical (unpaired) electrons. The summed E-state index contributed by atoms with van der Waals surface area (Å²) in [4.78, 5) is 11.5. The summed E-state index contributed by atoms with van der Waals surface area (Å²) in [6, 6.07) is 6.12. The highest BCUT2D eigenvalue weighted by atomic mass is 79.9. The van der Waals surface area contributed by atoms with Crippen molar-refractivity contribution in [3.8, 4) is 5.75 Å². The minimum absolute atomic E-state index is 0.0323. The van der Waals surface area contributed by atoms with Crippen LogP contribution in [0.3, 0.4) is 0 Å². The Morgan fingerprint density at radius 1 is 1.33 bits per heavy atom. The Morgan fingerprint density at radius 3 is 2.71 bits per heavy atom. The summed E-state index contributed by atoms with van der Waals surface area (Å²) < 4.78 is 11.5. The van der Waals surface area contributed by atoms with Crippen molar-refractivity contribution in [1.29, 1.82) is 0 Å². The minimum atomic E-state index is 0.0323. The lowest BCUT2D eigenvalue weighted by Gasteiger charge is -2.11. The van der Waals surface area contributed by atoms with Gasteiger partial charge in [0.05, 0.1) is 17.7 Å². The molecule has 0 saturated heterocycles. The van der Waals surface area contributed by atoms with E-state index in [1.54, 1.807) is 7.11 Å². The molecule has 0 atom stereocenters. The number of hydrogen-bond donors (Lipinski definition) is 1. The first-order valence-corrected chi connectivity index (χ1v) is 8.01. The van der Waals surface area contributed by atoms with Crippen LogP contribution >= 0.6 is 15.9 Å². The molecule has 1 N–H and O–H groups in total. The Morgan fingerprint density at radius 2 is 2.10 bits per heavy atom. The van der Waals surface area contributed by atoms with Crippen molar-refractivity contribution in [2.45, 2.75) is 32.6 Å². The van der Waals surface area contributed by atoms with Crippen molar-refractivity contribution in [3.05, 3.63) is 28.2 Å². The van der Waals surface area contributed by atoms with Crippen LogP contribution in [-0.4, -0.2) is 32.8 Å². The van der Waals surface area contributed by atoms with Gasteiger partial charge in [-0.05, 0) is 46.0 Å². The van der Waals surface area contributed by atoms with E-state index in [1.165, 1.54) is 5.56 Å². The molecule has 0 aromatic heterocycles. The van der Waals surface area contributed by atoms with Crippen molar-refractivity contribution in [1.82, 2.24) is 5.32 Å². The van der Waals surface area contributed by atoms with Gasteiger partial charge in [0.1, 0.15) is 5.75 Å². The number of ether oxygens (including phenoxy) is 2. The highest BCUT2D eigenvalue weighted by Gasteiger charge is 2.06. The van der Waals surface area contributed by atoms with Gasteiger partial charge in [0.2, 0.25) is 5.91 Å². The lowest BCUT2D eigenvalue weighted by atomic mass is 10.0. The third-order valence-electron chi connectivity index (χ3n) is 3.06. The molecule has 5 heteroatoms. The van der Waals surface area contributed by atoms with E-state index in [1.807, 2.05) is 6.07 Å². The van der Waals surface area contributed by atoms with Gasteiger partial charge in [-0.25, -0.2) is 0 Å². The molecule has 0 aliphatic rings. The van der Waals surface area contributed by atoms with E-state index in [9.17, 15) is 4.79 Å². The van der Waals surface area contributed by atoms with Crippen molar-refractivity contribution >= 4 is 21.8 Å². The SMILES string of the molecule is COCCNC(=O)CCCOc1ccc(C(C)C)cc1Br. The van der Waals surface area contributed by atoms with Gasteiger partial charge in [0.15, 0.2) is 0 Å². The van der Waals surface area contributed by atoms with Crippen LogP contribution in [0.15, 0.2) is 22.7 Å². The summed E-state index contributed by atoms with van der Waals surface area (Å²) in [5.74, 6) is 1.34. The van der Waals surface area contributed by atoms with Crippen LogP contribution in [0.5, 0.6) is 5.75 Å². The molecule has 21 heavy (non-hydrogen) atoms. The Labute approximate surface area is 135 Å². The van der Waals surface area contributed by atoms with Crippen LogP contribution in [0.1, 0.15) is 38.2 Å². The number of nitrogens with one attached hydrogen (secondary N) is 1. The summed E-state index contributed by atoms with van der Waals surface area (Å²) >= 11 is 3.52. The van der Waals surface area contributed by atoms with Gasteiger partial charge >= 0.3 is 0 Å². The van der Waals surface area contributed by atoms with Gasteiger partial charge in [-0.3, -0.25) is 4.79 Å². The third kappa shape index (κ3) is 6.96. The lowest BCUT2D eigenvalue weighted by molar-refractivity contribution is -0.121. The van der Waals surface area contributed by atoms with Gasteiger partial charge in [-0.1, -0.05) is 19.9 Å². The average molecular weight is 358 g/mol. The zero-order valence-corrected chi connectivity index (χ0v) is 14.5. The van der Waals surface area contributed by atoms with Crippen LogP contribution in [0.4, 0.5) is 0 Å². The maximum atomic E-state index is 11.5. The first-order chi connectivity index (χ1) is 10.0. The van der Waals surface area contributed by atoms with E-state index < -0.39 is 0 Å². The molecule has 0 heterocycles. The van der Waals surface area contributed by atoms with E-state index in [0.717, 1.165) is 10.2 Å². The minimum Gasteiger partial charge on any atom is -0.492 e. The second-order valence-electron chi connectivity index (χ2n) is 5.14. The smallest absolute Gasteiger partial charge is 0.220 e. The average Bonchev–Trinajstić information content (AvgIpc) is 2.45. The highest BCUT2D eigenvalue weighted by molar-refractivity contribution is 9.10. The second kappa shape index (κ2) is 9.79. The summed E-state index contributed by atoms with van der Waals surface area (Å²) in [6.07, 6.45) is 1.16. The van der Waals surface area contributed by atoms with Crippen LogP contribution in [0, 0.1) is 0 Å².